The number of benzene rings is 1. The maximum atomic E-state index is 14.8. The maximum absolute atomic E-state index is 14.8. The third-order valence-electron chi connectivity index (χ3n) is 5.81. The zero-order valence-corrected chi connectivity index (χ0v) is 19.8. The molecule has 1 aromatic carbocycles. The summed E-state index contributed by atoms with van der Waals surface area (Å²) in [6.07, 6.45) is 2.03. The van der Waals surface area contributed by atoms with Crippen molar-refractivity contribution < 1.29 is 31.1 Å². The highest BCUT2D eigenvalue weighted by Gasteiger charge is 2.38. The average molecular weight is 500 g/mol. The van der Waals surface area contributed by atoms with E-state index in [1.807, 2.05) is 0 Å². The molecule has 186 valence electrons. The largest absolute Gasteiger partial charge is 0.491 e. The quantitative estimate of drug-likeness (QED) is 0.534. The van der Waals surface area contributed by atoms with Crippen LogP contribution in [0.1, 0.15) is 33.1 Å². The van der Waals surface area contributed by atoms with E-state index in [0.29, 0.717) is 12.8 Å². The van der Waals surface area contributed by atoms with Crippen molar-refractivity contribution in [3.63, 3.8) is 0 Å². The molecule has 7 nitrogen and oxygen atoms in total. The Labute approximate surface area is 197 Å². The second-order valence-electron chi connectivity index (χ2n) is 8.85. The monoisotopic (exact) mass is 499 g/mol. The van der Waals surface area contributed by atoms with Gasteiger partial charge in [-0.1, -0.05) is 13.8 Å². The smallest absolute Gasteiger partial charge is 0.244 e. The van der Waals surface area contributed by atoms with E-state index in [4.69, 9.17) is 4.74 Å². The molecule has 0 saturated carbocycles. The van der Waals surface area contributed by atoms with Crippen molar-refractivity contribution in [2.24, 2.45) is 5.41 Å². The van der Waals surface area contributed by atoms with Gasteiger partial charge < -0.3 is 10.1 Å². The molecule has 11 heteroatoms. The molecular weight excluding hydrogens is 471 g/mol. The fourth-order valence-corrected chi connectivity index (χ4v) is 5.10. The van der Waals surface area contributed by atoms with Gasteiger partial charge in [0.2, 0.25) is 15.9 Å². The number of nitrogens with one attached hydrogen (secondary N) is 1. The van der Waals surface area contributed by atoms with E-state index in [2.05, 4.69) is 10.3 Å². The Kier molecular flexibility index (Phi) is 8.19. The number of hydrogen-bond donors (Lipinski definition) is 1. The lowest BCUT2D eigenvalue weighted by Crippen LogP contribution is -2.55. The van der Waals surface area contributed by atoms with Gasteiger partial charge in [-0.3, -0.25) is 9.78 Å². The molecule has 0 bridgehead atoms. The number of alkyl halides is 1. The Morgan fingerprint density at radius 2 is 2.06 bits per heavy atom. The minimum Gasteiger partial charge on any atom is -0.491 e. The van der Waals surface area contributed by atoms with E-state index in [0.717, 1.165) is 16.4 Å². The van der Waals surface area contributed by atoms with Crippen LogP contribution >= 0.6 is 0 Å². The van der Waals surface area contributed by atoms with Gasteiger partial charge in [0.25, 0.3) is 0 Å². The zero-order valence-electron chi connectivity index (χ0n) is 19.0. The number of carbonyl (C=O) groups is 1. The summed E-state index contributed by atoms with van der Waals surface area (Å²) in [5, 5.41) is 2.70. The fraction of sp³-hybridized carbons (Fsp3) is 0.478. The van der Waals surface area contributed by atoms with Gasteiger partial charge in [0.1, 0.15) is 16.9 Å². The molecule has 2 aromatic rings. The van der Waals surface area contributed by atoms with Gasteiger partial charge >= 0.3 is 0 Å². The first-order chi connectivity index (χ1) is 16.0. The average Bonchev–Trinajstić information content (AvgIpc) is 2.79. The molecule has 0 spiro atoms. The van der Waals surface area contributed by atoms with Gasteiger partial charge in [-0.15, -0.1) is 0 Å². The number of nitrogens with zero attached hydrogens (tertiary/aromatic N) is 2. The van der Waals surface area contributed by atoms with Crippen molar-refractivity contribution >= 4 is 15.9 Å². The number of sulfonamides is 1. The lowest BCUT2D eigenvalue weighted by molar-refractivity contribution is -0.131. The zero-order chi connectivity index (χ0) is 24.9. The van der Waals surface area contributed by atoms with Crippen LogP contribution in [0.5, 0.6) is 5.75 Å². The van der Waals surface area contributed by atoms with Gasteiger partial charge in [-0.05, 0) is 43.5 Å². The summed E-state index contributed by atoms with van der Waals surface area (Å²) in [5.74, 6) is -1.94. The van der Waals surface area contributed by atoms with Crippen molar-refractivity contribution in [2.45, 2.75) is 50.2 Å². The second kappa shape index (κ2) is 10.7. The molecule has 2 atom stereocenters. The molecule has 3 rings (SSSR count). The van der Waals surface area contributed by atoms with E-state index < -0.39 is 39.3 Å². The molecule has 1 aliphatic heterocycles. The van der Waals surface area contributed by atoms with Crippen LogP contribution in [-0.2, 0) is 14.8 Å². The molecule has 1 aromatic heterocycles. The molecule has 1 fully saturated rings. The number of pyridine rings is 1. The lowest BCUT2D eigenvalue weighted by Gasteiger charge is -2.36. The number of halogens is 3. The van der Waals surface area contributed by atoms with E-state index in [1.54, 1.807) is 13.8 Å². The van der Waals surface area contributed by atoms with Crippen LogP contribution in [-0.4, -0.2) is 55.5 Å². The van der Waals surface area contributed by atoms with Crippen molar-refractivity contribution in [3.8, 4) is 5.75 Å². The third-order valence-corrected chi connectivity index (χ3v) is 7.65. The van der Waals surface area contributed by atoms with Crippen molar-refractivity contribution in [1.82, 2.24) is 14.6 Å². The van der Waals surface area contributed by atoms with Crippen LogP contribution < -0.4 is 10.1 Å². The maximum Gasteiger partial charge on any atom is 0.244 e. The fourth-order valence-electron chi connectivity index (χ4n) is 3.67. The molecule has 1 N–H and O–H groups in total. The summed E-state index contributed by atoms with van der Waals surface area (Å²) in [6.45, 7) is 3.24. The molecule has 34 heavy (non-hydrogen) atoms. The molecule has 1 aliphatic rings. The first-order valence-electron chi connectivity index (χ1n) is 10.9. The molecule has 1 amide bonds. The van der Waals surface area contributed by atoms with Gasteiger partial charge in [0, 0.05) is 37.0 Å². The molecule has 1 saturated heterocycles. The first-order valence-corrected chi connectivity index (χ1v) is 12.4. The van der Waals surface area contributed by atoms with E-state index in [9.17, 15) is 26.4 Å². The predicted molar refractivity (Wildman–Crippen MR) is 119 cm³/mol. The summed E-state index contributed by atoms with van der Waals surface area (Å²) in [4.78, 5) is 16.6. The van der Waals surface area contributed by atoms with Gasteiger partial charge in [-0.25, -0.2) is 21.6 Å². The van der Waals surface area contributed by atoms with Crippen molar-refractivity contribution in [2.75, 3.05) is 19.7 Å². The Hall–Kier alpha value is -2.66. The van der Waals surface area contributed by atoms with Crippen LogP contribution in [0, 0.1) is 17.0 Å². The highest BCUT2D eigenvalue weighted by molar-refractivity contribution is 7.89. The van der Waals surface area contributed by atoms with Crippen LogP contribution in [0.15, 0.2) is 47.6 Å². The highest BCUT2D eigenvalue weighted by atomic mass is 32.2. The Balaban J connectivity index is 1.48. The minimum absolute atomic E-state index is 0.00597. The first kappa shape index (κ1) is 26.0. The normalized spacial score (nSPS) is 19.6. The highest BCUT2D eigenvalue weighted by Crippen LogP contribution is 2.26. The van der Waals surface area contributed by atoms with E-state index >= 15 is 0 Å². The predicted octanol–water partition coefficient (Wildman–Crippen LogP) is 3.46. The Bertz CT molecular complexity index is 1100. The summed E-state index contributed by atoms with van der Waals surface area (Å²) in [6, 6.07) is 5.11. The number of hydrogen-bond acceptors (Lipinski definition) is 5. The number of aromatic nitrogens is 1. The van der Waals surface area contributed by atoms with Gasteiger partial charge in [0.05, 0.1) is 12.6 Å². The number of amides is 1. The van der Waals surface area contributed by atoms with Crippen LogP contribution in [0.2, 0.25) is 0 Å². The van der Waals surface area contributed by atoms with Crippen molar-refractivity contribution in [1.29, 1.82) is 0 Å². The van der Waals surface area contributed by atoms with Crippen LogP contribution in [0.3, 0.4) is 0 Å². The minimum atomic E-state index is -3.86. The molecule has 0 unspecified atom stereocenters. The number of rotatable bonds is 9. The van der Waals surface area contributed by atoms with Gasteiger partial charge in [-0.2, -0.15) is 4.31 Å². The summed E-state index contributed by atoms with van der Waals surface area (Å²) >= 11 is 0. The van der Waals surface area contributed by atoms with E-state index in [1.165, 1.54) is 30.6 Å². The van der Waals surface area contributed by atoms with E-state index in [-0.39, 0.29) is 42.7 Å². The molecular formula is C23H28F3N3O4S. The molecule has 0 radical (unpaired) electrons. The molecule has 2 heterocycles. The number of carbonyl (C=O) groups excluding carboxylic acids is 1. The van der Waals surface area contributed by atoms with Crippen LogP contribution in [0.4, 0.5) is 13.2 Å². The topological polar surface area (TPSA) is 88.6 Å². The van der Waals surface area contributed by atoms with Gasteiger partial charge in [0.15, 0.2) is 11.6 Å². The lowest BCUT2D eigenvalue weighted by atomic mass is 9.86. The summed E-state index contributed by atoms with van der Waals surface area (Å²) < 4.78 is 73.2. The SMILES string of the molecule is CC(C)(CCCOc1ccc(F)cc1F)C(=O)N[C@H]1CCN(S(=O)(=O)c2cccnc2)C[C@@H]1F. The number of ether oxygens (including phenoxy) is 1. The standard InChI is InChI=1S/C23H28F3N3O4S/c1-23(2,9-4-12-33-21-7-6-16(24)13-18(21)25)22(30)28-20-8-11-29(15-19(20)26)34(31,32)17-5-3-10-27-14-17/h3,5-7,10,13-14,19-20H,4,8-9,11-12,15H2,1-2H3,(H,28,30)/t19-,20-/m0/s1. The third kappa shape index (κ3) is 6.26. The Morgan fingerprint density at radius 3 is 2.71 bits per heavy atom. The second-order valence-corrected chi connectivity index (χ2v) is 10.8. The number of piperidine rings is 1. The van der Waals surface area contributed by atoms with Crippen molar-refractivity contribution in [3.05, 3.63) is 54.4 Å². The molecule has 0 aliphatic carbocycles. The Morgan fingerprint density at radius 1 is 1.29 bits per heavy atom. The summed E-state index contributed by atoms with van der Waals surface area (Å²) in [5.41, 5.74) is -0.858. The van der Waals surface area contributed by atoms with Crippen LogP contribution in [0.25, 0.3) is 0 Å². The summed E-state index contributed by atoms with van der Waals surface area (Å²) in [7, 11) is -3.86.